The normalized spacial score (nSPS) is 12.7. The van der Waals surface area contributed by atoms with Gasteiger partial charge in [0.15, 0.2) is 0 Å². The van der Waals surface area contributed by atoms with Crippen molar-refractivity contribution in [3.63, 3.8) is 0 Å². The van der Waals surface area contributed by atoms with Crippen LogP contribution >= 0.6 is 0 Å². The second-order valence-electron chi connectivity index (χ2n) is 5.37. The number of carbonyl (C=O) groups excluding carboxylic acids is 1. The summed E-state index contributed by atoms with van der Waals surface area (Å²) in [6, 6.07) is 7.03. The van der Waals surface area contributed by atoms with Gasteiger partial charge in [-0.3, -0.25) is 4.79 Å². The number of amides is 1. The van der Waals surface area contributed by atoms with Gasteiger partial charge in [0.25, 0.3) is 0 Å². The van der Waals surface area contributed by atoms with E-state index in [2.05, 4.69) is 19.2 Å². The monoisotopic (exact) mass is 264 g/mol. The SMILES string of the molecule is CC(C)CNC(C(N)=O)c1ccc(OC(C)C)cc1. The second-order valence-corrected chi connectivity index (χ2v) is 5.37. The minimum Gasteiger partial charge on any atom is -0.491 e. The van der Waals surface area contributed by atoms with E-state index >= 15 is 0 Å². The number of carbonyl (C=O) groups is 1. The molecule has 0 saturated carbocycles. The minimum atomic E-state index is -0.449. The highest BCUT2D eigenvalue weighted by Crippen LogP contribution is 2.19. The van der Waals surface area contributed by atoms with Crippen LogP contribution in [0.25, 0.3) is 0 Å². The lowest BCUT2D eigenvalue weighted by molar-refractivity contribution is -0.120. The number of hydrogen-bond donors (Lipinski definition) is 2. The standard InChI is InChI=1S/C15H24N2O2/c1-10(2)9-17-14(15(16)18)12-5-7-13(8-6-12)19-11(3)4/h5-8,10-11,14,17H,9H2,1-4H3,(H2,16,18). The van der Waals surface area contributed by atoms with E-state index in [1.54, 1.807) is 0 Å². The summed E-state index contributed by atoms with van der Waals surface area (Å²) < 4.78 is 5.57. The van der Waals surface area contributed by atoms with Crippen molar-refractivity contribution in [1.82, 2.24) is 5.32 Å². The number of nitrogens with one attached hydrogen (secondary N) is 1. The molecule has 0 bridgehead atoms. The predicted octanol–water partition coefficient (Wildman–Crippen LogP) is 2.25. The first-order chi connectivity index (χ1) is 8.90. The summed E-state index contributed by atoms with van der Waals surface area (Å²) in [4.78, 5) is 11.5. The van der Waals surface area contributed by atoms with Crippen molar-refractivity contribution in [1.29, 1.82) is 0 Å². The summed E-state index contributed by atoms with van der Waals surface area (Å²) in [5.74, 6) is 0.898. The van der Waals surface area contributed by atoms with Gasteiger partial charge in [0.05, 0.1) is 6.10 Å². The molecule has 106 valence electrons. The van der Waals surface area contributed by atoms with E-state index in [0.29, 0.717) is 5.92 Å². The second kappa shape index (κ2) is 7.14. The summed E-state index contributed by atoms with van der Waals surface area (Å²) in [5, 5.41) is 3.18. The first-order valence-corrected chi connectivity index (χ1v) is 6.69. The molecule has 0 fully saturated rings. The highest BCUT2D eigenvalue weighted by Gasteiger charge is 2.17. The maximum atomic E-state index is 11.5. The molecule has 0 saturated heterocycles. The third-order valence-electron chi connectivity index (χ3n) is 2.60. The van der Waals surface area contributed by atoms with Crippen LogP contribution < -0.4 is 15.8 Å². The van der Waals surface area contributed by atoms with Crippen molar-refractivity contribution in [2.45, 2.75) is 39.8 Å². The Labute approximate surface area is 115 Å². The summed E-state index contributed by atoms with van der Waals surface area (Å²) in [6.07, 6.45) is 0.136. The number of hydrogen-bond acceptors (Lipinski definition) is 3. The minimum absolute atomic E-state index is 0.136. The van der Waals surface area contributed by atoms with Crippen LogP contribution in [0.4, 0.5) is 0 Å². The molecule has 1 unspecified atom stereocenters. The van der Waals surface area contributed by atoms with E-state index in [9.17, 15) is 4.79 Å². The largest absolute Gasteiger partial charge is 0.491 e. The first-order valence-electron chi connectivity index (χ1n) is 6.69. The Hall–Kier alpha value is -1.55. The zero-order valence-corrected chi connectivity index (χ0v) is 12.1. The number of rotatable bonds is 7. The fourth-order valence-corrected chi connectivity index (χ4v) is 1.75. The Balaban J connectivity index is 2.76. The van der Waals surface area contributed by atoms with Crippen molar-refractivity contribution in [3.8, 4) is 5.75 Å². The maximum absolute atomic E-state index is 11.5. The van der Waals surface area contributed by atoms with Crippen LogP contribution in [-0.2, 0) is 4.79 Å². The maximum Gasteiger partial charge on any atom is 0.239 e. The van der Waals surface area contributed by atoms with Crippen LogP contribution in [0.15, 0.2) is 24.3 Å². The molecule has 0 aliphatic carbocycles. The lowest BCUT2D eigenvalue weighted by Crippen LogP contribution is -2.35. The van der Waals surface area contributed by atoms with Gasteiger partial charge in [-0.25, -0.2) is 0 Å². The molecule has 0 radical (unpaired) electrons. The summed E-state index contributed by atoms with van der Waals surface area (Å²) in [6.45, 7) is 8.88. The average molecular weight is 264 g/mol. The van der Waals surface area contributed by atoms with E-state index in [-0.39, 0.29) is 12.0 Å². The third-order valence-corrected chi connectivity index (χ3v) is 2.60. The zero-order valence-electron chi connectivity index (χ0n) is 12.1. The summed E-state index contributed by atoms with van der Waals surface area (Å²) in [7, 11) is 0. The van der Waals surface area contributed by atoms with Crippen molar-refractivity contribution in [2.75, 3.05) is 6.54 Å². The van der Waals surface area contributed by atoms with Crippen molar-refractivity contribution < 1.29 is 9.53 Å². The van der Waals surface area contributed by atoms with Crippen molar-refractivity contribution in [2.24, 2.45) is 11.7 Å². The van der Waals surface area contributed by atoms with Gasteiger partial charge in [-0.15, -0.1) is 0 Å². The lowest BCUT2D eigenvalue weighted by atomic mass is 10.1. The summed E-state index contributed by atoms with van der Waals surface area (Å²) in [5.41, 5.74) is 6.31. The van der Waals surface area contributed by atoms with Gasteiger partial charge in [-0.2, -0.15) is 0 Å². The van der Waals surface area contributed by atoms with Crippen LogP contribution in [0.5, 0.6) is 5.75 Å². The molecule has 1 atom stereocenters. The number of nitrogens with two attached hydrogens (primary N) is 1. The van der Waals surface area contributed by atoms with Gasteiger partial charge < -0.3 is 15.8 Å². The van der Waals surface area contributed by atoms with E-state index in [1.807, 2.05) is 38.1 Å². The molecule has 19 heavy (non-hydrogen) atoms. The highest BCUT2D eigenvalue weighted by molar-refractivity contribution is 5.81. The van der Waals surface area contributed by atoms with Gasteiger partial charge in [-0.1, -0.05) is 26.0 Å². The van der Waals surface area contributed by atoms with E-state index in [0.717, 1.165) is 17.9 Å². The molecule has 0 aromatic heterocycles. The zero-order chi connectivity index (χ0) is 14.4. The number of benzene rings is 1. The number of primary amides is 1. The molecular weight excluding hydrogens is 240 g/mol. The van der Waals surface area contributed by atoms with Gasteiger partial charge >= 0.3 is 0 Å². The predicted molar refractivity (Wildman–Crippen MR) is 77.0 cm³/mol. The first kappa shape index (κ1) is 15.5. The number of ether oxygens (including phenoxy) is 1. The summed E-state index contributed by atoms with van der Waals surface area (Å²) >= 11 is 0. The molecule has 0 spiro atoms. The molecule has 1 amide bonds. The molecule has 1 aromatic rings. The Bertz CT molecular complexity index is 399. The van der Waals surface area contributed by atoms with Gasteiger partial charge in [0.1, 0.15) is 11.8 Å². The molecule has 4 heteroatoms. The van der Waals surface area contributed by atoms with Gasteiger partial charge in [0, 0.05) is 0 Å². The molecule has 4 nitrogen and oxygen atoms in total. The Morgan fingerprint density at radius 3 is 2.21 bits per heavy atom. The Morgan fingerprint density at radius 1 is 1.21 bits per heavy atom. The Morgan fingerprint density at radius 2 is 1.79 bits per heavy atom. The van der Waals surface area contributed by atoms with Crippen molar-refractivity contribution >= 4 is 5.91 Å². The lowest BCUT2D eigenvalue weighted by Gasteiger charge is -2.18. The van der Waals surface area contributed by atoms with Crippen LogP contribution in [-0.4, -0.2) is 18.6 Å². The van der Waals surface area contributed by atoms with E-state index in [1.165, 1.54) is 0 Å². The van der Waals surface area contributed by atoms with Gasteiger partial charge in [0.2, 0.25) is 5.91 Å². The quantitative estimate of drug-likeness (QED) is 0.794. The van der Waals surface area contributed by atoms with Crippen LogP contribution in [0, 0.1) is 5.92 Å². The highest BCUT2D eigenvalue weighted by atomic mass is 16.5. The molecule has 0 aliphatic heterocycles. The molecule has 3 N–H and O–H groups in total. The molecular formula is C15H24N2O2. The van der Waals surface area contributed by atoms with Crippen molar-refractivity contribution in [3.05, 3.63) is 29.8 Å². The van der Waals surface area contributed by atoms with Gasteiger partial charge in [-0.05, 0) is 44.0 Å². The van der Waals surface area contributed by atoms with Crippen LogP contribution in [0.1, 0.15) is 39.3 Å². The topological polar surface area (TPSA) is 64.3 Å². The molecule has 1 aromatic carbocycles. The average Bonchev–Trinajstić information content (AvgIpc) is 2.29. The molecule has 1 rings (SSSR count). The fraction of sp³-hybridized carbons (Fsp3) is 0.533. The third kappa shape index (κ3) is 5.30. The van der Waals surface area contributed by atoms with E-state index < -0.39 is 6.04 Å². The van der Waals surface area contributed by atoms with Crippen LogP contribution in [0.2, 0.25) is 0 Å². The fourth-order valence-electron chi connectivity index (χ4n) is 1.75. The molecule has 0 aliphatic rings. The smallest absolute Gasteiger partial charge is 0.239 e. The Kier molecular flexibility index (Phi) is 5.83. The molecule has 0 heterocycles. The van der Waals surface area contributed by atoms with E-state index in [4.69, 9.17) is 10.5 Å². The van der Waals surface area contributed by atoms with Crippen LogP contribution in [0.3, 0.4) is 0 Å².